The first-order valence-corrected chi connectivity index (χ1v) is 12.7. The quantitative estimate of drug-likeness (QED) is 0.414. The van der Waals surface area contributed by atoms with Crippen molar-refractivity contribution in [3.05, 3.63) is 28.7 Å². The largest absolute Gasteiger partial charge is 0.384 e. The van der Waals surface area contributed by atoms with Crippen LogP contribution >= 0.6 is 27.5 Å². The molecule has 11 heteroatoms. The molecule has 1 aromatic carbocycles. The number of rotatable bonds is 10. The van der Waals surface area contributed by atoms with Crippen LogP contribution in [0.2, 0.25) is 0 Å². The molecular formula is C18H25BrFN5O2S2. The van der Waals surface area contributed by atoms with Crippen molar-refractivity contribution in [3.8, 4) is 0 Å². The van der Waals surface area contributed by atoms with Gasteiger partial charge in [0.15, 0.2) is 0 Å². The zero-order valence-corrected chi connectivity index (χ0v) is 19.1. The SMILES string of the molecule is N[C@@H]1CCC[C@@H]1CCCCCNc1cc(F)c(S(=O)(=O)Nc2ncns2)cc1Br. The Kier molecular flexibility index (Phi) is 7.83. The number of aromatic nitrogens is 2. The summed E-state index contributed by atoms with van der Waals surface area (Å²) in [5.74, 6) is -0.169. The number of nitrogens with zero attached hydrogens (tertiary/aromatic N) is 2. The first-order chi connectivity index (χ1) is 13.9. The van der Waals surface area contributed by atoms with Gasteiger partial charge >= 0.3 is 0 Å². The van der Waals surface area contributed by atoms with Crippen molar-refractivity contribution in [2.75, 3.05) is 16.6 Å². The van der Waals surface area contributed by atoms with E-state index in [0.29, 0.717) is 28.7 Å². The fourth-order valence-electron chi connectivity index (χ4n) is 3.61. The second-order valence-corrected chi connectivity index (χ2v) is 10.5. The van der Waals surface area contributed by atoms with E-state index in [1.165, 1.54) is 37.7 Å². The predicted molar refractivity (Wildman–Crippen MR) is 117 cm³/mol. The Morgan fingerprint density at radius 3 is 2.79 bits per heavy atom. The van der Waals surface area contributed by atoms with Crippen LogP contribution in [0.4, 0.5) is 15.2 Å². The molecule has 2 atom stereocenters. The highest BCUT2D eigenvalue weighted by atomic mass is 79.9. The van der Waals surface area contributed by atoms with Gasteiger partial charge < -0.3 is 11.1 Å². The van der Waals surface area contributed by atoms with Crippen LogP contribution in [0, 0.1) is 11.7 Å². The average Bonchev–Trinajstić information content (AvgIpc) is 3.31. The summed E-state index contributed by atoms with van der Waals surface area (Å²) < 4.78 is 45.7. The average molecular weight is 506 g/mol. The van der Waals surface area contributed by atoms with Gasteiger partial charge in [0.1, 0.15) is 17.0 Å². The number of hydrogen-bond donors (Lipinski definition) is 3. The molecule has 0 bridgehead atoms. The topological polar surface area (TPSA) is 110 Å². The van der Waals surface area contributed by atoms with Gasteiger partial charge in [0.25, 0.3) is 10.0 Å². The fraction of sp³-hybridized carbons (Fsp3) is 0.556. The van der Waals surface area contributed by atoms with E-state index < -0.39 is 20.7 Å². The highest BCUT2D eigenvalue weighted by Gasteiger charge is 2.23. The Bertz CT molecular complexity index is 911. The molecule has 0 amide bonds. The number of halogens is 2. The maximum absolute atomic E-state index is 14.5. The monoisotopic (exact) mass is 505 g/mol. The Labute approximate surface area is 183 Å². The summed E-state index contributed by atoms with van der Waals surface area (Å²) in [6.07, 6.45) is 9.21. The van der Waals surface area contributed by atoms with Crippen LogP contribution in [0.25, 0.3) is 0 Å². The van der Waals surface area contributed by atoms with E-state index in [0.717, 1.165) is 37.2 Å². The number of benzene rings is 1. The number of anilines is 2. The first kappa shape index (κ1) is 22.4. The van der Waals surface area contributed by atoms with E-state index in [2.05, 4.69) is 35.3 Å². The molecule has 0 spiro atoms. The summed E-state index contributed by atoms with van der Waals surface area (Å²) in [5, 5.41) is 3.25. The van der Waals surface area contributed by atoms with Crippen molar-refractivity contribution in [2.45, 2.75) is 55.9 Å². The highest BCUT2D eigenvalue weighted by molar-refractivity contribution is 9.10. The molecule has 1 fully saturated rings. The summed E-state index contributed by atoms with van der Waals surface area (Å²) in [6, 6.07) is 2.81. The van der Waals surface area contributed by atoms with Gasteiger partial charge in [0.2, 0.25) is 5.13 Å². The van der Waals surface area contributed by atoms with Gasteiger partial charge in [-0.2, -0.15) is 4.37 Å². The van der Waals surface area contributed by atoms with Gasteiger partial charge in [-0.05, 0) is 59.7 Å². The summed E-state index contributed by atoms with van der Waals surface area (Å²) in [5.41, 5.74) is 6.62. The van der Waals surface area contributed by atoms with Gasteiger partial charge in [-0.15, -0.1) is 0 Å². The Morgan fingerprint density at radius 2 is 2.10 bits per heavy atom. The van der Waals surface area contributed by atoms with Crippen LogP contribution in [0.5, 0.6) is 0 Å². The van der Waals surface area contributed by atoms with Crippen LogP contribution < -0.4 is 15.8 Å². The van der Waals surface area contributed by atoms with Crippen molar-refractivity contribution >= 4 is 48.3 Å². The van der Waals surface area contributed by atoms with E-state index >= 15 is 0 Å². The first-order valence-electron chi connectivity index (χ1n) is 9.65. The third-order valence-corrected chi connectivity index (χ3v) is 7.90. The minimum absolute atomic E-state index is 0.0845. The lowest BCUT2D eigenvalue weighted by Gasteiger charge is -2.15. The van der Waals surface area contributed by atoms with Crippen LogP contribution in [0.15, 0.2) is 27.8 Å². The third kappa shape index (κ3) is 6.09. The normalized spacial score (nSPS) is 19.4. The van der Waals surface area contributed by atoms with E-state index in [4.69, 9.17) is 5.73 Å². The lowest BCUT2D eigenvalue weighted by atomic mass is 9.97. The standard InChI is InChI=1S/C18H25BrFN5O2S2/c19-13-9-17(29(26,27)25-18-23-11-24-28-18)14(20)10-16(13)22-8-3-1-2-5-12-6-4-7-15(12)21/h9-12,15,22H,1-8,21H2,(H,23,24,25)/t12-,15+/m0/s1. The van der Waals surface area contributed by atoms with E-state index in [1.807, 2.05) is 0 Å². The van der Waals surface area contributed by atoms with Crippen LogP contribution in [-0.4, -0.2) is 30.4 Å². The van der Waals surface area contributed by atoms with E-state index in [9.17, 15) is 12.8 Å². The third-order valence-electron chi connectivity index (χ3n) is 5.18. The zero-order chi connectivity index (χ0) is 20.9. The van der Waals surface area contributed by atoms with Gasteiger partial charge in [-0.3, -0.25) is 4.72 Å². The molecule has 1 saturated carbocycles. The molecule has 7 nitrogen and oxygen atoms in total. The van der Waals surface area contributed by atoms with E-state index in [-0.39, 0.29) is 5.13 Å². The molecule has 3 rings (SSSR count). The molecule has 160 valence electrons. The van der Waals surface area contributed by atoms with Crippen molar-refractivity contribution in [3.63, 3.8) is 0 Å². The number of unbranched alkanes of at least 4 members (excludes halogenated alkanes) is 2. The molecule has 1 aliphatic rings. The van der Waals surface area contributed by atoms with Crippen LogP contribution in [-0.2, 0) is 10.0 Å². The molecule has 0 radical (unpaired) electrons. The molecule has 1 heterocycles. The van der Waals surface area contributed by atoms with Gasteiger partial charge in [0.05, 0.1) is 5.69 Å². The molecule has 0 aliphatic heterocycles. The molecular weight excluding hydrogens is 481 g/mol. The smallest absolute Gasteiger partial charge is 0.266 e. The Hall–Kier alpha value is -1.30. The summed E-state index contributed by atoms with van der Waals surface area (Å²) in [4.78, 5) is 3.31. The van der Waals surface area contributed by atoms with Gasteiger partial charge in [0, 0.05) is 28.6 Å². The fourth-order valence-corrected chi connectivity index (χ4v) is 6.00. The number of nitrogens with one attached hydrogen (secondary N) is 2. The summed E-state index contributed by atoms with van der Waals surface area (Å²) >= 11 is 4.20. The van der Waals surface area contributed by atoms with Crippen LogP contribution in [0.1, 0.15) is 44.9 Å². The molecule has 1 aromatic heterocycles. The maximum atomic E-state index is 14.5. The van der Waals surface area contributed by atoms with Gasteiger partial charge in [-0.25, -0.2) is 17.8 Å². The molecule has 1 aliphatic carbocycles. The van der Waals surface area contributed by atoms with Crippen molar-refractivity contribution in [1.82, 2.24) is 9.36 Å². The van der Waals surface area contributed by atoms with Crippen LogP contribution in [0.3, 0.4) is 0 Å². The van der Waals surface area contributed by atoms with E-state index in [1.54, 1.807) is 0 Å². The Morgan fingerprint density at radius 1 is 1.28 bits per heavy atom. The van der Waals surface area contributed by atoms with Gasteiger partial charge in [-0.1, -0.05) is 19.3 Å². The Balaban J connectivity index is 1.50. The van der Waals surface area contributed by atoms with Crippen molar-refractivity contribution < 1.29 is 12.8 Å². The minimum Gasteiger partial charge on any atom is -0.384 e. The summed E-state index contributed by atoms with van der Waals surface area (Å²) in [7, 11) is -4.08. The molecule has 4 N–H and O–H groups in total. The van der Waals surface area contributed by atoms with Crippen molar-refractivity contribution in [2.24, 2.45) is 11.7 Å². The lowest BCUT2D eigenvalue weighted by molar-refractivity contribution is 0.424. The second-order valence-electron chi connectivity index (χ2n) is 7.25. The minimum atomic E-state index is -4.08. The number of hydrogen-bond acceptors (Lipinski definition) is 7. The summed E-state index contributed by atoms with van der Waals surface area (Å²) in [6.45, 7) is 0.684. The molecule has 0 unspecified atom stereocenters. The molecule has 2 aromatic rings. The maximum Gasteiger partial charge on any atom is 0.266 e. The van der Waals surface area contributed by atoms with Crippen molar-refractivity contribution in [1.29, 1.82) is 0 Å². The predicted octanol–water partition coefficient (Wildman–Crippen LogP) is 4.34. The lowest BCUT2D eigenvalue weighted by Crippen LogP contribution is -2.24. The zero-order valence-electron chi connectivity index (χ0n) is 15.9. The second kappa shape index (κ2) is 10.1. The highest BCUT2D eigenvalue weighted by Crippen LogP contribution is 2.30. The number of sulfonamides is 1. The molecule has 29 heavy (non-hydrogen) atoms. The molecule has 0 saturated heterocycles. The number of nitrogens with two attached hydrogens (primary N) is 1.